The molecule has 0 radical (unpaired) electrons. The Kier molecular flexibility index (Phi) is 5.38. The predicted molar refractivity (Wildman–Crippen MR) is 107 cm³/mol. The smallest absolute Gasteiger partial charge is 0.248 e. The van der Waals surface area contributed by atoms with E-state index in [9.17, 15) is 9.59 Å². The summed E-state index contributed by atoms with van der Waals surface area (Å²) in [7, 11) is 1.54. The van der Waals surface area contributed by atoms with Gasteiger partial charge in [0.1, 0.15) is 5.75 Å². The second kappa shape index (κ2) is 7.72. The fourth-order valence-corrected chi connectivity index (χ4v) is 4.11. The molecular weight excluding hydrogens is 386 g/mol. The number of ether oxygens (including phenoxy) is 1. The van der Waals surface area contributed by atoms with Gasteiger partial charge >= 0.3 is 0 Å². The van der Waals surface area contributed by atoms with Gasteiger partial charge in [-0.15, -0.1) is 11.3 Å². The quantitative estimate of drug-likeness (QED) is 0.580. The van der Waals surface area contributed by atoms with Gasteiger partial charge in [0.25, 0.3) is 0 Å². The number of anilines is 3. The SMILES string of the molecule is COc1ccc(C(N)=O)cc1Nc1nc(-c2sc(NC(C)=O)nc2C)cs1. The lowest BCUT2D eigenvalue weighted by atomic mass is 10.2. The van der Waals surface area contributed by atoms with E-state index in [-0.39, 0.29) is 5.91 Å². The molecule has 3 rings (SSSR count). The van der Waals surface area contributed by atoms with Crippen LogP contribution in [0.5, 0.6) is 5.75 Å². The summed E-state index contributed by atoms with van der Waals surface area (Å²) in [5.74, 6) is -0.123. The Morgan fingerprint density at radius 1 is 1.22 bits per heavy atom. The van der Waals surface area contributed by atoms with E-state index in [1.807, 2.05) is 12.3 Å². The van der Waals surface area contributed by atoms with Crippen LogP contribution in [0.15, 0.2) is 23.6 Å². The topological polar surface area (TPSA) is 119 Å². The number of hydrogen-bond acceptors (Lipinski definition) is 8. The Bertz CT molecular complexity index is 1010. The maximum Gasteiger partial charge on any atom is 0.248 e. The summed E-state index contributed by atoms with van der Waals surface area (Å²) in [4.78, 5) is 32.4. The number of carbonyl (C=O) groups is 2. The van der Waals surface area contributed by atoms with Crippen LogP contribution in [-0.2, 0) is 4.79 Å². The largest absolute Gasteiger partial charge is 0.495 e. The van der Waals surface area contributed by atoms with Gasteiger partial charge < -0.3 is 21.1 Å². The molecule has 8 nitrogen and oxygen atoms in total. The number of nitrogens with zero attached hydrogens (tertiary/aromatic N) is 2. The normalized spacial score (nSPS) is 10.5. The third kappa shape index (κ3) is 4.23. The third-order valence-electron chi connectivity index (χ3n) is 3.54. The number of hydrogen-bond donors (Lipinski definition) is 3. The minimum absolute atomic E-state index is 0.169. The number of thiazole rings is 2. The van der Waals surface area contributed by atoms with Gasteiger partial charge in [-0.3, -0.25) is 9.59 Å². The number of methoxy groups -OCH3 is 1. The van der Waals surface area contributed by atoms with Crippen LogP contribution in [0.1, 0.15) is 23.0 Å². The van der Waals surface area contributed by atoms with Crippen molar-refractivity contribution in [3.8, 4) is 16.3 Å². The summed E-state index contributed by atoms with van der Waals surface area (Å²) < 4.78 is 5.32. The summed E-state index contributed by atoms with van der Waals surface area (Å²) in [6.45, 7) is 3.30. The number of nitrogens with two attached hydrogens (primary N) is 1. The predicted octanol–water partition coefficient (Wildman–Crippen LogP) is 3.38. The molecule has 3 aromatic rings. The minimum Gasteiger partial charge on any atom is -0.495 e. The van der Waals surface area contributed by atoms with Crippen LogP contribution in [0, 0.1) is 6.92 Å². The molecular formula is C17H17N5O3S2. The van der Waals surface area contributed by atoms with Crippen LogP contribution in [0.2, 0.25) is 0 Å². The first-order valence-electron chi connectivity index (χ1n) is 7.83. The number of carbonyl (C=O) groups excluding carboxylic acids is 2. The van der Waals surface area contributed by atoms with Crippen molar-refractivity contribution < 1.29 is 14.3 Å². The number of rotatable bonds is 6. The molecule has 2 amide bonds. The summed E-state index contributed by atoms with van der Waals surface area (Å²) in [6.07, 6.45) is 0. The van der Waals surface area contributed by atoms with Gasteiger partial charge in [-0.25, -0.2) is 9.97 Å². The summed E-state index contributed by atoms with van der Waals surface area (Å²) in [5.41, 5.74) is 7.84. The molecule has 10 heteroatoms. The van der Waals surface area contributed by atoms with Crippen LogP contribution in [0.4, 0.5) is 16.0 Å². The summed E-state index contributed by atoms with van der Waals surface area (Å²) >= 11 is 2.76. The first-order chi connectivity index (χ1) is 12.9. The number of benzene rings is 1. The molecule has 0 atom stereocenters. The number of primary amides is 1. The summed E-state index contributed by atoms with van der Waals surface area (Å²) in [5, 5.41) is 8.89. The fraction of sp³-hybridized carbons (Fsp3) is 0.176. The van der Waals surface area contributed by atoms with Crippen molar-refractivity contribution in [3.05, 3.63) is 34.8 Å². The Hall–Kier alpha value is -2.98. The first-order valence-corrected chi connectivity index (χ1v) is 9.52. The van der Waals surface area contributed by atoms with E-state index in [1.165, 1.54) is 29.6 Å². The Balaban J connectivity index is 1.87. The lowest BCUT2D eigenvalue weighted by Crippen LogP contribution is -2.11. The van der Waals surface area contributed by atoms with Crippen molar-refractivity contribution in [2.75, 3.05) is 17.7 Å². The molecule has 2 aromatic heterocycles. The third-order valence-corrected chi connectivity index (χ3v) is 5.40. The Morgan fingerprint density at radius 2 is 2.00 bits per heavy atom. The zero-order valence-electron chi connectivity index (χ0n) is 14.8. The fourth-order valence-electron chi connectivity index (χ4n) is 2.35. The number of nitrogens with one attached hydrogen (secondary N) is 2. The van der Waals surface area contributed by atoms with Gasteiger partial charge in [0.05, 0.1) is 29.1 Å². The van der Waals surface area contributed by atoms with Gasteiger partial charge in [0, 0.05) is 17.9 Å². The molecule has 0 bridgehead atoms. The first kappa shape index (κ1) is 18.8. The highest BCUT2D eigenvalue weighted by molar-refractivity contribution is 7.20. The van der Waals surface area contributed by atoms with E-state index >= 15 is 0 Å². The molecule has 0 saturated heterocycles. The maximum absolute atomic E-state index is 11.4. The van der Waals surface area contributed by atoms with Gasteiger partial charge in [-0.2, -0.15) is 0 Å². The minimum atomic E-state index is -0.522. The molecule has 0 fully saturated rings. The van der Waals surface area contributed by atoms with Crippen molar-refractivity contribution >= 4 is 50.4 Å². The molecule has 1 aromatic carbocycles. The molecule has 4 N–H and O–H groups in total. The van der Waals surface area contributed by atoms with E-state index in [1.54, 1.807) is 25.3 Å². The molecule has 0 saturated carbocycles. The molecule has 0 aliphatic heterocycles. The van der Waals surface area contributed by atoms with Crippen LogP contribution in [-0.4, -0.2) is 28.9 Å². The molecule has 0 unspecified atom stereocenters. The van der Waals surface area contributed by atoms with Crippen LogP contribution < -0.4 is 21.1 Å². The van der Waals surface area contributed by atoms with E-state index < -0.39 is 5.91 Å². The van der Waals surface area contributed by atoms with Crippen LogP contribution in [0.3, 0.4) is 0 Å². The van der Waals surface area contributed by atoms with Crippen molar-refractivity contribution in [3.63, 3.8) is 0 Å². The average Bonchev–Trinajstić information content (AvgIpc) is 3.20. The monoisotopic (exact) mass is 403 g/mol. The zero-order valence-corrected chi connectivity index (χ0v) is 16.5. The lowest BCUT2D eigenvalue weighted by molar-refractivity contribution is -0.114. The number of amides is 2. The van der Waals surface area contributed by atoms with Crippen LogP contribution in [0.25, 0.3) is 10.6 Å². The van der Waals surface area contributed by atoms with Gasteiger partial charge in [-0.05, 0) is 25.1 Å². The van der Waals surface area contributed by atoms with E-state index in [4.69, 9.17) is 10.5 Å². The lowest BCUT2D eigenvalue weighted by Gasteiger charge is -2.10. The second-order valence-corrected chi connectivity index (χ2v) is 7.41. The highest BCUT2D eigenvalue weighted by Gasteiger charge is 2.15. The van der Waals surface area contributed by atoms with Crippen molar-refractivity contribution in [1.29, 1.82) is 0 Å². The van der Waals surface area contributed by atoms with Crippen molar-refractivity contribution in [2.24, 2.45) is 5.73 Å². The molecule has 0 aliphatic carbocycles. The maximum atomic E-state index is 11.4. The standard InChI is InChI=1S/C17H17N5O3S2/c1-8-14(27-17(19-8)20-9(2)23)12-7-26-16(22-12)21-11-6-10(15(18)24)4-5-13(11)25-3/h4-7H,1-3H3,(H2,18,24)(H,21,22)(H,19,20,23). The van der Waals surface area contributed by atoms with Gasteiger partial charge in [-0.1, -0.05) is 11.3 Å². The van der Waals surface area contributed by atoms with Crippen molar-refractivity contribution in [2.45, 2.75) is 13.8 Å². The molecule has 27 heavy (non-hydrogen) atoms. The van der Waals surface area contributed by atoms with E-state index in [2.05, 4.69) is 20.6 Å². The highest BCUT2D eigenvalue weighted by atomic mass is 32.1. The van der Waals surface area contributed by atoms with E-state index in [0.29, 0.717) is 27.3 Å². The van der Waals surface area contributed by atoms with Crippen molar-refractivity contribution in [1.82, 2.24) is 9.97 Å². The van der Waals surface area contributed by atoms with E-state index in [0.717, 1.165) is 16.3 Å². The van der Waals surface area contributed by atoms with Gasteiger partial charge in [0.2, 0.25) is 11.8 Å². The Labute approximate surface area is 163 Å². The average molecular weight is 403 g/mol. The summed E-state index contributed by atoms with van der Waals surface area (Å²) in [6, 6.07) is 4.89. The number of aryl methyl sites for hydroxylation is 1. The van der Waals surface area contributed by atoms with Gasteiger partial charge in [0.15, 0.2) is 10.3 Å². The molecule has 2 heterocycles. The highest BCUT2D eigenvalue weighted by Crippen LogP contribution is 2.36. The molecule has 0 aliphatic rings. The second-order valence-electron chi connectivity index (χ2n) is 5.56. The molecule has 140 valence electrons. The zero-order chi connectivity index (χ0) is 19.6. The Morgan fingerprint density at radius 3 is 2.67 bits per heavy atom. The number of aromatic nitrogens is 2. The molecule has 0 spiro atoms. The van der Waals surface area contributed by atoms with Crippen LogP contribution >= 0.6 is 22.7 Å².